The third-order valence-electron chi connectivity index (χ3n) is 3.87. The van der Waals surface area contributed by atoms with Crippen LogP contribution in [-0.4, -0.2) is 25.8 Å². The minimum absolute atomic E-state index is 0.0892. The normalized spacial score (nSPS) is 17.3. The van der Waals surface area contributed by atoms with Gasteiger partial charge in [-0.3, -0.25) is 0 Å². The van der Waals surface area contributed by atoms with E-state index in [1.165, 1.54) is 16.4 Å². The van der Waals surface area contributed by atoms with Crippen LogP contribution >= 0.6 is 11.6 Å². The lowest BCUT2D eigenvalue weighted by Crippen LogP contribution is -2.35. The number of sulfonamides is 1. The predicted molar refractivity (Wildman–Crippen MR) is 77.8 cm³/mol. The van der Waals surface area contributed by atoms with Crippen LogP contribution in [0.15, 0.2) is 17.0 Å². The Morgan fingerprint density at radius 1 is 1.32 bits per heavy atom. The van der Waals surface area contributed by atoms with Crippen LogP contribution in [0.5, 0.6) is 0 Å². The highest BCUT2D eigenvalue weighted by Crippen LogP contribution is 2.31. The van der Waals surface area contributed by atoms with Crippen molar-refractivity contribution in [3.8, 4) is 0 Å². The summed E-state index contributed by atoms with van der Waals surface area (Å²) >= 11 is 6.03. The first-order chi connectivity index (χ1) is 8.84. The highest BCUT2D eigenvalue weighted by atomic mass is 35.5. The average Bonchev–Trinajstić information content (AvgIpc) is 2.87. The second-order valence-electron chi connectivity index (χ2n) is 5.08. The molecule has 0 atom stereocenters. The summed E-state index contributed by atoms with van der Waals surface area (Å²) in [5.41, 5.74) is 6.92. The van der Waals surface area contributed by atoms with Crippen molar-refractivity contribution in [2.24, 2.45) is 0 Å². The SMILES string of the molecule is Cc1c(N)cc(S(=O)(=O)N(C)C2CCCC2)cc1Cl. The van der Waals surface area contributed by atoms with Gasteiger partial charge in [0.1, 0.15) is 0 Å². The molecule has 0 aromatic heterocycles. The third-order valence-corrected chi connectivity index (χ3v) is 6.15. The van der Waals surface area contributed by atoms with Crippen molar-refractivity contribution < 1.29 is 8.42 Å². The topological polar surface area (TPSA) is 63.4 Å². The van der Waals surface area contributed by atoms with E-state index in [1.54, 1.807) is 14.0 Å². The molecule has 2 rings (SSSR count). The van der Waals surface area contributed by atoms with Crippen molar-refractivity contribution in [1.82, 2.24) is 4.31 Å². The lowest BCUT2D eigenvalue weighted by atomic mass is 10.2. The van der Waals surface area contributed by atoms with Gasteiger partial charge in [-0.15, -0.1) is 0 Å². The Bertz CT molecular complexity index is 557. The van der Waals surface area contributed by atoms with Gasteiger partial charge in [0, 0.05) is 23.8 Å². The number of anilines is 1. The van der Waals surface area contributed by atoms with Crippen LogP contribution in [0.4, 0.5) is 5.69 Å². The first kappa shape index (κ1) is 14.6. The predicted octanol–water partition coefficient (Wildman–Crippen LogP) is 2.79. The molecule has 106 valence electrons. The lowest BCUT2D eigenvalue weighted by molar-refractivity contribution is 0.373. The molecule has 1 aliphatic carbocycles. The Balaban J connectivity index is 2.39. The maximum Gasteiger partial charge on any atom is 0.243 e. The largest absolute Gasteiger partial charge is 0.398 e. The van der Waals surface area contributed by atoms with Crippen LogP contribution in [-0.2, 0) is 10.0 Å². The van der Waals surface area contributed by atoms with E-state index in [9.17, 15) is 8.42 Å². The molecule has 1 saturated carbocycles. The first-order valence-corrected chi connectivity index (χ1v) is 8.19. The smallest absolute Gasteiger partial charge is 0.243 e. The molecule has 0 radical (unpaired) electrons. The number of hydrogen-bond donors (Lipinski definition) is 1. The van der Waals surface area contributed by atoms with Crippen LogP contribution in [0.3, 0.4) is 0 Å². The van der Waals surface area contributed by atoms with Crippen LogP contribution in [0.2, 0.25) is 5.02 Å². The molecule has 1 aromatic carbocycles. The fourth-order valence-corrected chi connectivity index (χ4v) is 4.22. The van der Waals surface area contributed by atoms with E-state index in [-0.39, 0.29) is 10.9 Å². The van der Waals surface area contributed by atoms with E-state index in [4.69, 9.17) is 17.3 Å². The molecule has 4 nitrogen and oxygen atoms in total. The first-order valence-electron chi connectivity index (χ1n) is 6.37. The van der Waals surface area contributed by atoms with Crippen molar-refractivity contribution in [2.45, 2.75) is 43.5 Å². The van der Waals surface area contributed by atoms with Gasteiger partial charge in [0.15, 0.2) is 0 Å². The summed E-state index contributed by atoms with van der Waals surface area (Å²) in [6.45, 7) is 1.77. The zero-order chi connectivity index (χ0) is 14.2. The summed E-state index contributed by atoms with van der Waals surface area (Å²) in [5, 5.41) is 0.387. The molecule has 6 heteroatoms. The highest BCUT2D eigenvalue weighted by molar-refractivity contribution is 7.89. The molecule has 0 amide bonds. The average molecular weight is 303 g/mol. The highest BCUT2D eigenvalue weighted by Gasteiger charge is 2.30. The van der Waals surface area contributed by atoms with Gasteiger partial charge >= 0.3 is 0 Å². The summed E-state index contributed by atoms with van der Waals surface area (Å²) < 4.78 is 26.6. The molecular weight excluding hydrogens is 284 g/mol. The van der Waals surface area contributed by atoms with Crippen molar-refractivity contribution in [2.75, 3.05) is 12.8 Å². The molecule has 0 aliphatic heterocycles. The molecule has 0 heterocycles. The second kappa shape index (κ2) is 5.31. The van der Waals surface area contributed by atoms with Gasteiger partial charge in [-0.25, -0.2) is 8.42 Å². The van der Waals surface area contributed by atoms with Gasteiger partial charge in [0.05, 0.1) is 4.90 Å². The molecule has 1 fully saturated rings. The summed E-state index contributed by atoms with van der Waals surface area (Å²) in [6, 6.07) is 3.06. The van der Waals surface area contributed by atoms with Gasteiger partial charge in [0.25, 0.3) is 0 Å². The Labute approximate surface area is 119 Å². The fourth-order valence-electron chi connectivity index (χ4n) is 2.45. The zero-order valence-electron chi connectivity index (χ0n) is 11.2. The van der Waals surface area contributed by atoms with E-state index in [1.807, 2.05) is 0 Å². The molecule has 0 bridgehead atoms. The number of nitrogen functional groups attached to an aromatic ring is 1. The summed E-state index contributed by atoms with van der Waals surface area (Å²) in [5.74, 6) is 0. The summed E-state index contributed by atoms with van der Waals surface area (Å²) in [4.78, 5) is 0.176. The van der Waals surface area contributed by atoms with E-state index >= 15 is 0 Å². The maximum atomic E-state index is 12.5. The standard InChI is InChI=1S/C13H19ClN2O2S/c1-9-12(14)7-11(8-13(9)15)19(17,18)16(2)10-5-3-4-6-10/h7-8,10H,3-6,15H2,1-2H3. The van der Waals surface area contributed by atoms with Gasteiger partial charge in [-0.05, 0) is 37.5 Å². The van der Waals surface area contributed by atoms with Gasteiger partial charge in [-0.2, -0.15) is 4.31 Å². The van der Waals surface area contributed by atoms with Crippen molar-refractivity contribution >= 4 is 27.3 Å². The molecule has 1 aliphatic rings. The number of halogens is 1. The van der Waals surface area contributed by atoms with Crippen LogP contribution in [0, 0.1) is 6.92 Å². The van der Waals surface area contributed by atoms with Crippen molar-refractivity contribution in [3.63, 3.8) is 0 Å². The van der Waals surface area contributed by atoms with Crippen molar-refractivity contribution in [1.29, 1.82) is 0 Å². The minimum atomic E-state index is -3.52. The second-order valence-corrected chi connectivity index (χ2v) is 7.48. The zero-order valence-corrected chi connectivity index (χ0v) is 12.8. The summed E-state index contributed by atoms with van der Waals surface area (Å²) in [7, 11) is -1.88. The number of nitrogens with zero attached hydrogens (tertiary/aromatic N) is 1. The molecule has 0 saturated heterocycles. The third kappa shape index (κ3) is 2.73. The Morgan fingerprint density at radius 3 is 2.42 bits per heavy atom. The number of benzene rings is 1. The van der Waals surface area contributed by atoms with Gasteiger partial charge in [-0.1, -0.05) is 24.4 Å². The molecule has 2 N–H and O–H groups in total. The minimum Gasteiger partial charge on any atom is -0.398 e. The van der Waals surface area contributed by atoms with E-state index in [0.29, 0.717) is 16.3 Å². The molecule has 0 unspecified atom stereocenters. The molecule has 1 aromatic rings. The Hall–Kier alpha value is -0.780. The van der Waals surface area contributed by atoms with Crippen molar-refractivity contribution in [3.05, 3.63) is 22.7 Å². The monoisotopic (exact) mass is 302 g/mol. The van der Waals surface area contributed by atoms with Crippen LogP contribution in [0.1, 0.15) is 31.2 Å². The summed E-state index contributed by atoms with van der Waals surface area (Å²) in [6.07, 6.45) is 4.01. The van der Waals surface area contributed by atoms with Crippen LogP contribution < -0.4 is 5.73 Å². The quantitative estimate of drug-likeness (QED) is 0.873. The Morgan fingerprint density at radius 2 is 1.89 bits per heavy atom. The van der Waals surface area contributed by atoms with Gasteiger partial charge < -0.3 is 5.73 Å². The fraction of sp³-hybridized carbons (Fsp3) is 0.538. The van der Waals surface area contributed by atoms with E-state index < -0.39 is 10.0 Å². The lowest BCUT2D eigenvalue weighted by Gasteiger charge is -2.24. The Kier molecular flexibility index (Phi) is 4.08. The van der Waals surface area contributed by atoms with Gasteiger partial charge in [0.2, 0.25) is 10.0 Å². The number of rotatable bonds is 3. The van der Waals surface area contributed by atoms with E-state index in [0.717, 1.165) is 25.7 Å². The molecular formula is C13H19ClN2O2S. The molecule has 0 spiro atoms. The van der Waals surface area contributed by atoms with E-state index in [2.05, 4.69) is 0 Å². The maximum absolute atomic E-state index is 12.5. The molecule has 19 heavy (non-hydrogen) atoms. The number of nitrogens with two attached hydrogens (primary N) is 1. The number of hydrogen-bond acceptors (Lipinski definition) is 3. The van der Waals surface area contributed by atoms with Crippen LogP contribution in [0.25, 0.3) is 0 Å².